The molecule has 2 amide bonds. The number of amides is 2. The lowest BCUT2D eigenvalue weighted by atomic mass is 10.0. The number of rotatable bonds is 6. The molecule has 1 aromatic heterocycles. The van der Waals surface area contributed by atoms with Crippen LogP contribution in [0.5, 0.6) is 0 Å². The van der Waals surface area contributed by atoms with Crippen LogP contribution in [0.3, 0.4) is 0 Å². The topological polar surface area (TPSA) is 156 Å². The number of nitrogens with zero attached hydrogens (tertiary/aromatic N) is 3. The Kier molecular flexibility index (Phi) is 5.40. The first-order chi connectivity index (χ1) is 13.4. The number of fused-ring (bicyclic) bond motifs is 1. The van der Waals surface area contributed by atoms with Gasteiger partial charge in [0, 0.05) is 0 Å². The summed E-state index contributed by atoms with van der Waals surface area (Å²) in [5, 5.41) is 15.1. The van der Waals surface area contributed by atoms with E-state index >= 15 is 0 Å². The SMILES string of the molecule is CO/N=C(\C(=O)NC1C(=O)N2C(C(=O)O)=C(OC)CS[C@H]12)c1cccc(N)n1. The van der Waals surface area contributed by atoms with Gasteiger partial charge in [-0.05, 0) is 12.1 Å². The Morgan fingerprint density at radius 1 is 1.43 bits per heavy atom. The van der Waals surface area contributed by atoms with Crippen molar-refractivity contribution < 1.29 is 29.1 Å². The number of hydrogen-bond donors (Lipinski definition) is 3. The molecule has 2 aliphatic heterocycles. The van der Waals surface area contributed by atoms with Gasteiger partial charge in [0.05, 0.1) is 12.9 Å². The number of oxime groups is 1. The Balaban J connectivity index is 1.80. The number of methoxy groups -OCH3 is 1. The van der Waals surface area contributed by atoms with Crippen LogP contribution in [0.1, 0.15) is 5.69 Å². The summed E-state index contributed by atoms with van der Waals surface area (Å²) in [7, 11) is 2.61. The number of aromatic nitrogens is 1. The predicted octanol–water partition coefficient (Wildman–Crippen LogP) is -0.643. The van der Waals surface area contributed by atoms with Crippen LogP contribution in [0, 0.1) is 0 Å². The molecule has 2 atom stereocenters. The molecule has 1 fully saturated rings. The van der Waals surface area contributed by atoms with Crippen LogP contribution < -0.4 is 11.1 Å². The monoisotopic (exact) mass is 407 g/mol. The summed E-state index contributed by atoms with van der Waals surface area (Å²) in [5.74, 6) is -1.89. The number of nitrogens with one attached hydrogen (secondary N) is 1. The van der Waals surface area contributed by atoms with Gasteiger partial charge in [0.25, 0.3) is 11.8 Å². The standard InChI is InChI=1S/C16H17N5O6S/c1-26-8-6-28-15-11(14(23)21(15)12(8)16(24)25)19-13(22)10(20-27-2)7-4-3-5-9(17)18-7/h3-5,11,15H,6H2,1-2H3,(H2,17,18)(H,19,22)(H,24,25)/b20-10-/t11?,15-/m1/s1. The van der Waals surface area contributed by atoms with E-state index in [1.807, 2.05) is 0 Å². The van der Waals surface area contributed by atoms with Gasteiger partial charge in [-0.25, -0.2) is 9.78 Å². The third-order valence-electron chi connectivity index (χ3n) is 4.08. The number of anilines is 1. The van der Waals surface area contributed by atoms with Crippen LogP contribution in [-0.4, -0.2) is 69.9 Å². The van der Waals surface area contributed by atoms with E-state index in [9.17, 15) is 19.5 Å². The maximum absolute atomic E-state index is 12.7. The van der Waals surface area contributed by atoms with Crippen LogP contribution in [0.4, 0.5) is 5.82 Å². The largest absolute Gasteiger partial charge is 0.498 e. The minimum Gasteiger partial charge on any atom is -0.498 e. The van der Waals surface area contributed by atoms with Gasteiger partial charge in [0.1, 0.15) is 35.8 Å². The molecular weight excluding hydrogens is 390 g/mol. The van der Waals surface area contributed by atoms with Crippen molar-refractivity contribution in [3.63, 3.8) is 0 Å². The predicted molar refractivity (Wildman–Crippen MR) is 98.9 cm³/mol. The minimum absolute atomic E-state index is 0.159. The van der Waals surface area contributed by atoms with E-state index in [1.54, 1.807) is 12.1 Å². The summed E-state index contributed by atoms with van der Waals surface area (Å²) in [5.41, 5.74) is 5.43. The van der Waals surface area contributed by atoms with Crippen LogP contribution in [-0.2, 0) is 24.0 Å². The van der Waals surface area contributed by atoms with Crippen molar-refractivity contribution in [1.29, 1.82) is 0 Å². The highest BCUT2D eigenvalue weighted by molar-refractivity contribution is 8.00. The van der Waals surface area contributed by atoms with E-state index in [1.165, 1.54) is 32.0 Å². The summed E-state index contributed by atoms with van der Waals surface area (Å²) in [6.07, 6.45) is 0. The van der Waals surface area contributed by atoms with E-state index in [0.29, 0.717) is 0 Å². The Labute approximate surface area is 163 Å². The van der Waals surface area contributed by atoms with Gasteiger partial charge in [0.15, 0.2) is 11.4 Å². The molecule has 4 N–H and O–H groups in total. The molecule has 1 aromatic rings. The maximum atomic E-state index is 12.7. The summed E-state index contributed by atoms with van der Waals surface area (Å²) < 4.78 is 5.06. The number of hydrogen-bond acceptors (Lipinski definition) is 9. The molecule has 0 spiro atoms. The molecule has 0 aliphatic carbocycles. The van der Waals surface area contributed by atoms with Crippen molar-refractivity contribution in [3.8, 4) is 0 Å². The van der Waals surface area contributed by atoms with Gasteiger partial charge >= 0.3 is 5.97 Å². The van der Waals surface area contributed by atoms with E-state index in [0.717, 1.165) is 4.90 Å². The number of carbonyl (C=O) groups is 3. The average Bonchev–Trinajstić information content (AvgIpc) is 2.68. The molecule has 148 valence electrons. The van der Waals surface area contributed by atoms with Crippen LogP contribution in [0.2, 0.25) is 0 Å². The van der Waals surface area contributed by atoms with Crippen LogP contribution in [0.25, 0.3) is 0 Å². The van der Waals surface area contributed by atoms with Gasteiger partial charge < -0.3 is 25.7 Å². The highest BCUT2D eigenvalue weighted by Gasteiger charge is 2.55. The molecular formula is C16H17N5O6S. The smallest absolute Gasteiger partial charge is 0.356 e. The Morgan fingerprint density at radius 3 is 2.79 bits per heavy atom. The summed E-state index contributed by atoms with van der Waals surface area (Å²) in [4.78, 5) is 46.5. The maximum Gasteiger partial charge on any atom is 0.356 e. The van der Waals surface area contributed by atoms with Gasteiger partial charge in [-0.3, -0.25) is 14.5 Å². The number of nitrogen functional groups attached to an aromatic ring is 1. The molecule has 1 saturated heterocycles. The van der Waals surface area contributed by atoms with Crippen LogP contribution in [0.15, 0.2) is 34.8 Å². The molecule has 12 heteroatoms. The van der Waals surface area contributed by atoms with Crippen molar-refractivity contribution >= 4 is 41.1 Å². The van der Waals surface area contributed by atoms with Gasteiger partial charge in [0.2, 0.25) is 0 Å². The van der Waals surface area contributed by atoms with Gasteiger partial charge in [-0.1, -0.05) is 11.2 Å². The average molecular weight is 407 g/mol. The first kappa shape index (κ1) is 19.5. The number of nitrogens with two attached hydrogens (primary N) is 1. The number of β-lactam (4-membered cyclic amide) rings is 1. The number of carbonyl (C=O) groups excluding carboxylic acids is 2. The molecule has 0 aromatic carbocycles. The Bertz CT molecular complexity index is 901. The Hall–Kier alpha value is -3.28. The number of pyridine rings is 1. The molecule has 3 rings (SSSR count). The number of carboxylic acids is 1. The van der Waals surface area contributed by atoms with Gasteiger partial charge in [-0.2, -0.15) is 0 Å². The fourth-order valence-corrected chi connectivity index (χ4v) is 4.15. The number of aliphatic carboxylic acids is 1. The highest BCUT2D eigenvalue weighted by atomic mass is 32.2. The van der Waals surface area contributed by atoms with E-state index in [-0.39, 0.29) is 34.4 Å². The molecule has 28 heavy (non-hydrogen) atoms. The summed E-state index contributed by atoms with van der Waals surface area (Å²) in [6.45, 7) is 0. The molecule has 0 saturated carbocycles. The quantitative estimate of drug-likeness (QED) is 0.317. The number of carboxylic acid groups (broad SMARTS) is 1. The zero-order chi connectivity index (χ0) is 20.4. The second-order valence-electron chi connectivity index (χ2n) is 5.71. The first-order valence-electron chi connectivity index (χ1n) is 7.99. The molecule has 0 bridgehead atoms. The molecule has 11 nitrogen and oxygen atoms in total. The summed E-state index contributed by atoms with van der Waals surface area (Å²) in [6, 6.07) is 3.74. The van der Waals surface area contributed by atoms with E-state index in [2.05, 4.69) is 15.5 Å². The third kappa shape index (κ3) is 3.33. The lowest BCUT2D eigenvalue weighted by Crippen LogP contribution is -2.71. The fourth-order valence-electron chi connectivity index (χ4n) is 2.84. The third-order valence-corrected chi connectivity index (χ3v) is 5.33. The van der Waals surface area contributed by atoms with Crippen molar-refractivity contribution in [2.75, 3.05) is 25.7 Å². The lowest BCUT2D eigenvalue weighted by molar-refractivity contribution is -0.150. The number of ether oxygens (including phenoxy) is 1. The summed E-state index contributed by atoms with van der Waals surface area (Å²) >= 11 is 1.28. The van der Waals surface area contributed by atoms with E-state index in [4.69, 9.17) is 15.3 Å². The van der Waals surface area contributed by atoms with Crippen molar-refractivity contribution in [3.05, 3.63) is 35.3 Å². The van der Waals surface area contributed by atoms with Crippen molar-refractivity contribution in [2.45, 2.75) is 11.4 Å². The zero-order valence-corrected chi connectivity index (χ0v) is 15.7. The van der Waals surface area contributed by atoms with Crippen molar-refractivity contribution in [2.24, 2.45) is 5.16 Å². The molecule has 3 heterocycles. The fraction of sp³-hybridized carbons (Fsp3) is 0.312. The van der Waals surface area contributed by atoms with Crippen LogP contribution >= 0.6 is 11.8 Å². The van der Waals surface area contributed by atoms with Gasteiger partial charge in [-0.15, -0.1) is 11.8 Å². The molecule has 1 unspecified atom stereocenters. The van der Waals surface area contributed by atoms with E-state index < -0.39 is 29.2 Å². The molecule has 2 aliphatic rings. The molecule has 0 radical (unpaired) electrons. The zero-order valence-electron chi connectivity index (χ0n) is 14.9. The Morgan fingerprint density at radius 2 is 2.18 bits per heavy atom. The second-order valence-corrected chi connectivity index (χ2v) is 6.82. The van der Waals surface area contributed by atoms with Crippen molar-refractivity contribution in [1.82, 2.24) is 15.2 Å². The minimum atomic E-state index is -1.27. The number of thioether (sulfide) groups is 1. The lowest BCUT2D eigenvalue weighted by Gasteiger charge is -2.48. The normalized spacial score (nSPS) is 21.6. The highest BCUT2D eigenvalue weighted by Crippen LogP contribution is 2.40. The first-order valence-corrected chi connectivity index (χ1v) is 9.04. The second kappa shape index (κ2) is 7.76.